The quantitative estimate of drug-likeness (QED) is 0.872. The number of rotatable bonds is 3. The van der Waals surface area contributed by atoms with Gasteiger partial charge in [0, 0.05) is 12.2 Å². The van der Waals surface area contributed by atoms with E-state index in [0.717, 1.165) is 19.0 Å². The number of carbonyl (C=O) groups excluding carboxylic acids is 1. The first-order valence-corrected chi connectivity index (χ1v) is 6.64. The number of aromatic hydroxyl groups is 1. The molecule has 0 aliphatic heterocycles. The van der Waals surface area contributed by atoms with E-state index in [1.807, 2.05) is 0 Å². The van der Waals surface area contributed by atoms with Crippen LogP contribution in [0.5, 0.6) is 5.75 Å². The van der Waals surface area contributed by atoms with Crippen LogP contribution in [0.4, 0.5) is 4.39 Å². The fourth-order valence-electron chi connectivity index (χ4n) is 2.26. The Morgan fingerprint density at radius 1 is 1.57 bits per heavy atom. The van der Waals surface area contributed by atoms with E-state index in [1.54, 1.807) is 6.92 Å². The highest BCUT2D eigenvalue weighted by Gasteiger charge is 2.29. The van der Waals surface area contributed by atoms with E-state index < -0.39 is 23.0 Å². The minimum Gasteiger partial charge on any atom is -0.503 e. The maximum atomic E-state index is 13.5. The third-order valence-corrected chi connectivity index (χ3v) is 3.40. The molecule has 0 spiro atoms. The first kappa shape index (κ1) is 13.5. The van der Waals surface area contributed by atoms with Gasteiger partial charge in [-0.05, 0) is 19.8 Å². The average Bonchev–Trinajstić information content (AvgIpc) is 3.28. The minimum atomic E-state index is -0.903. The Bertz CT molecular complexity index is 796. The van der Waals surface area contributed by atoms with E-state index in [9.17, 15) is 19.1 Å². The van der Waals surface area contributed by atoms with Gasteiger partial charge in [0.05, 0.1) is 12.8 Å². The topological polar surface area (TPSA) is 81.4 Å². The zero-order valence-electron chi connectivity index (χ0n) is 11.3. The average molecular weight is 292 g/mol. The molecule has 7 heteroatoms. The number of hydrogen-bond acceptors (Lipinski definition) is 5. The lowest BCUT2D eigenvalue weighted by Gasteiger charge is -2.13. The molecule has 1 aliphatic rings. The van der Waals surface area contributed by atoms with Crippen LogP contribution in [-0.4, -0.2) is 27.2 Å². The highest BCUT2D eigenvalue weighted by molar-refractivity contribution is 5.94. The Balaban J connectivity index is 2.34. The molecule has 2 aromatic rings. The number of halogens is 1. The number of hydrogen-bond donors (Lipinski definition) is 1. The predicted molar refractivity (Wildman–Crippen MR) is 71.9 cm³/mol. The number of nitrogens with zero attached hydrogens (tertiary/aromatic N) is 2. The molecule has 1 aliphatic carbocycles. The molecule has 6 nitrogen and oxygen atoms in total. The molecule has 0 radical (unpaired) electrons. The van der Waals surface area contributed by atoms with Gasteiger partial charge >= 0.3 is 5.97 Å². The van der Waals surface area contributed by atoms with Crippen LogP contribution in [0.15, 0.2) is 17.2 Å². The highest BCUT2D eigenvalue weighted by atomic mass is 19.1. The van der Waals surface area contributed by atoms with Gasteiger partial charge in [0.25, 0.3) is 0 Å². The minimum absolute atomic E-state index is 0.0237. The van der Waals surface area contributed by atoms with E-state index in [4.69, 9.17) is 4.74 Å². The monoisotopic (exact) mass is 292 g/mol. The van der Waals surface area contributed by atoms with E-state index in [1.165, 1.54) is 10.8 Å². The van der Waals surface area contributed by atoms with Crippen LogP contribution in [0.2, 0.25) is 0 Å². The molecule has 1 fully saturated rings. The lowest BCUT2D eigenvalue weighted by Crippen LogP contribution is -2.21. The SMILES string of the molecule is CCOC(=O)c1cn(C2CC2)c2c(O)c(F)cnc2c1=O. The summed E-state index contributed by atoms with van der Waals surface area (Å²) in [5.41, 5.74) is -0.938. The first-order valence-electron chi connectivity index (χ1n) is 6.64. The largest absolute Gasteiger partial charge is 0.503 e. The zero-order valence-corrected chi connectivity index (χ0v) is 11.3. The maximum Gasteiger partial charge on any atom is 0.343 e. The fourth-order valence-corrected chi connectivity index (χ4v) is 2.26. The Hall–Kier alpha value is -2.44. The van der Waals surface area contributed by atoms with Gasteiger partial charge in [-0.3, -0.25) is 4.79 Å². The van der Waals surface area contributed by atoms with Crippen molar-refractivity contribution in [2.24, 2.45) is 0 Å². The summed E-state index contributed by atoms with van der Waals surface area (Å²) in [5.74, 6) is -2.27. The molecule has 0 unspecified atom stereocenters. The summed E-state index contributed by atoms with van der Waals surface area (Å²) < 4.78 is 19.9. The fraction of sp³-hybridized carbons (Fsp3) is 0.357. The second-order valence-corrected chi connectivity index (χ2v) is 4.88. The second-order valence-electron chi connectivity index (χ2n) is 4.88. The third-order valence-electron chi connectivity index (χ3n) is 3.40. The second kappa shape index (κ2) is 4.83. The van der Waals surface area contributed by atoms with Gasteiger partial charge < -0.3 is 14.4 Å². The molecule has 0 amide bonds. The molecule has 110 valence electrons. The summed E-state index contributed by atoms with van der Waals surface area (Å²) in [4.78, 5) is 27.9. The van der Waals surface area contributed by atoms with Gasteiger partial charge in [-0.1, -0.05) is 0 Å². The summed E-state index contributed by atoms with van der Waals surface area (Å²) in [7, 11) is 0. The molecule has 1 N–H and O–H groups in total. The van der Waals surface area contributed by atoms with Crippen molar-refractivity contribution in [3.8, 4) is 5.75 Å². The lowest BCUT2D eigenvalue weighted by molar-refractivity contribution is 0.0524. The van der Waals surface area contributed by atoms with Gasteiger partial charge in [0.2, 0.25) is 5.43 Å². The van der Waals surface area contributed by atoms with Gasteiger partial charge in [0.1, 0.15) is 16.6 Å². The Morgan fingerprint density at radius 2 is 2.29 bits per heavy atom. The van der Waals surface area contributed by atoms with E-state index in [-0.39, 0.29) is 29.2 Å². The summed E-state index contributed by atoms with van der Waals surface area (Å²) in [6.45, 7) is 1.78. The third kappa shape index (κ3) is 2.14. The van der Waals surface area contributed by atoms with Gasteiger partial charge in [-0.2, -0.15) is 0 Å². The van der Waals surface area contributed by atoms with Crippen LogP contribution in [0, 0.1) is 5.82 Å². The molecule has 21 heavy (non-hydrogen) atoms. The van der Waals surface area contributed by atoms with Crippen molar-refractivity contribution >= 4 is 17.0 Å². The molecule has 0 saturated heterocycles. The van der Waals surface area contributed by atoms with E-state index in [2.05, 4.69) is 4.98 Å². The molecule has 0 bridgehead atoms. The van der Waals surface area contributed by atoms with Crippen LogP contribution in [0.25, 0.3) is 11.0 Å². The molecular formula is C14H13FN2O4. The predicted octanol–water partition coefficient (Wildman–Crippen LogP) is 1.75. The van der Waals surface area contributed by atoms with Gasteiger partial charge in [-0.15, -0.1) is 0 Å². The Morgan fingerprint density at radius 3 is 2.90 bits per heavy atom. The van der Waals surface area contributed by atoms with Crippen molar-refractivity contribution in [1.82, 2.24) is 9.55 Å². The molecular weight excluding hydrogens is 279 g/mol. The maximum absolute atomic E-state index is 13.5. The molecule has 1 saturated carbocycles. The summed E-state index contributed by atoms with van der Waals surface area (Å²) in [6.07, 6.45) is 3.75. The highest BCUT2D eigenvalue weighted by Crippen LogP contribution is 2.39. The van der Waals surface area contributed by atoms with Gasteiger partial charge in [-0.25, -0.2) is 14.2 Å². The zero-order chi connectivity index (χ0) is 15.1. The smallest absolute Gasteiger partial charge is 0.343 e. The van der Waals surface area contributed by atoms with Crippen LogP contribution < -0.4 is 5.43 Å². The van der Waals surface area contributed by atoms with E-state index in [0.29, 0.717) is 0 Å². The number of esters is 1. The molecule has 2 heterocycles. The first-order chi connectivity index (χ1) is 10.0. The van der Waals surface area contributed by atoms with Crippen molar-refractivity contribution in [2.75, 3.05) is 6.61 Å². The number of ether oxygens (including phenoxy) is 1. The van der Waals surface area contributed by atoms with Crippen molar-refractivity contribution in [1.29, 1.82) is 0 Å². The van der Waals surface area contributed by atoms with Crippen LogP contribution in [-0.2, 0) is 4.74 Å². The number of carbonyl (C=O) groups is 1. The number of fused-ring (bicyclic) bond motifs is 1. The van der Waals surface area contributed by atoms with Crippen LogP contribution in [0.1, 0.15) is 36.2 Å². The Labute approximate surface area is 118 Å². The summed E-state index contributed by atoms with van der Waals surface area (Å²) in [6, 6.07) is 0.0239. The number of pyridine rings is 2. The molecule has 0 atom stereocenters. The molecule has 0 aromatic carbocycles. The molecule has 2 aromatic heterocycles. The van der Waals surface area contributed by atoms with Crippen molar-refractivity contribution < 1.29 is 19.0 Å². The van der Waals surface area contributed by atoms with Gasteiger partial charge in [0.15, 0.2) is 11.6 Å². The van der Waals surface area contributed by atoms with Crippen molar-refractivity contribution in [3.05, 3.63) is 34.0 Å². The lowest BCUT2D eigenvalue weighted by atomic mass is 10.2. The standard InChI is InChI=1S/C14H13FN2O4/c1-2-21-14(20)8-6-17(7-3-4-7)11-10(12(8)18)16-5-9(15)13(11)19/h5-7H,2-4H2,1H3,(H,16,19). The summed E-state index contributed by atoms with van der Waals surface area (Å²) >= 11 is 0. The van der Waals surface area contributed by atoms with Crippen molar-refractivity contribution in [3.63, 3.8) is 0 Å². The molecule has 3 rings (SSSR count). The normalized spacial score (nSPS) is 14.4. The summed E-state index contributed by atoms with van der Waals surface area (Å²) in [5, 5.41) is 9.88. The van der Waals surface area contributed by atoms with E-state index >= 15 is 0 Å². The van der Waals surface area contributed by atoms with Crippen LogP contribution >= 0.6 is 0 Å². The van der Waals surface area contributed by atoms with Crippen molar-refractivity contribution in [2.45, 2.75) is 25.8 Å². The van der Waals surface area contributed by atoms with Crippen LogP contribution in [0.3, 0.4) is 0 Å². The number of aromatic nitrogens is 2. The Kier molecular flexibility index (Phi) is 3.12.